The third-order valence-electron chi connectivity index (χ3n) is 2.24. The molecule has 1 aromatic rings. The van der Waals surface area contributed by atoms with Crippen LogP contribution in [0.25, 0.3) is 0 Å². The highest BCUT2D eigenvalue weighted by Crippen LogP contribution is 2.32. The molecule has 0 saturated carbocycles. The first-order chi connectivity index (χ1) is 5.88. The molecule has 0 N–H and O–H groups in total. The van der Waals surface area contributed by atoms with Crippen molar-refractivity contribution in [1.29, 1.82) is 0 Å². The molecule has 1 fully saturated rings. The van der Waals surface area contributed by atoms with Gasteiger partial charge in [-0.15, -0.1) is 0 Å². The van der Waals surface area contributed by atoms with Crippen molar-refractivity contribution in [2.75, 3.05) is 13.2 Å². The summed E-state index contributed by atoms with van der Waals surface area (Å²) in [6.07, 6.45) is 3.88. The van der Waals surface area contributed by atoms with Gasteiger partial charge in [0.1, 0.15) is 5.76 Å². The van der Waals surface area contributed by atoms with Gasteiger partial charge in [-0.25, -0.2) is 0 Å². The van der Waals surface area contributed by atoms with E-state index in [1.807, 2.05) is 6.07 Å². The van der Waals surface area contributed by atoms with Gasteiger partial charge < -0.3 is 9.15 Å². The number of furan rings is 1. The topological polar surface area (TPSA) is 22.4 Å². The summed E-state index contributed by atoms with van der Waals surface area (Å²) in [5, 5.41) is 0. The fourth-order valence-corrected chi connectivity index (χ4v) is 2.08. The van der Waals surface area contributed by atoms with Crippen LogP contribution in [0.1, 0.15) is 24.5 Å². The first-order valence-corrected chi connectivity index (χ1v) is 4.98. The standard InChI is InChI=1S/C9H11BrO2/c10-8-3-6-12-9(8)7-1-4-11-5-2-7/h3,6-7H,1-2,4-5H2. The van der Waals surface area contributed by atoms with Gasteiger partial charge >= 0.3 is 0 Å². The van der Waals surface area contributed by atoms with Crippen LogP contribution < -0.4 is 0 Å². The summed E-state index contributed by atoms with van der Waals surface area (Å²) in [5.41, 5.74) is 0. The minimum Gasteiger partial charge on any atom is -0.468 e. The van der Waals surface area contributed by atoms with Crippen LogP contribution in [0.5, 0.6) is 0 Å². The van der Waals surface area contributed by atoms with Gasteiger partial charge in [-0.1, -0.05) is 0 Å². The molecule has 12 heavy (non-hydrogen) atoms. The monoisotopic (exact) mass is 230 g/mol. The predicted octanol–water partition coefficient (Wildman–Crippen LogP) is 2.94. The largest absolute Gasteiger partial charge is 0.468 e. The van der Waals surface area contributed by atoms with Crippen LogP contribution in [0.2, 0.25) is 0 Å². The van der Waals surface area contributed by atoms with Gasteiger partial charge in [0.2, 0.25) is 0 Å². The number of hydrogen-bond donors (Lipinski definition) is 0. The van der Waals surface area contributed by atoms with Gasteiger partial charge in [-0.2, -0.15) is 0 Å². The lowest BCUT2D eigenvalue weighted by molar-refractivity contribution is 0.0805. The number of ether oxygens (including phenoxy) is 1. The van der Waals surface area contributed by atoms with Gasteiger partial charge in [-0.3, -0.25) is 0 Å². The maximum absolute atomic E-state index is 5.40. The second-order valence-corrected chi connectivity index (χ2v) is 3.87. The molecular formula is C9H11BrO2. The molecule has 0 aliphatic carbocycles. The molecule has 1 aliphatic rings. The zero-order valence-corrected chi connectivity index (χ0v) is 8.34. The fraction of sp³-hybridized carbons (Fsp3) is 0.556. The zero-order valence-electron chi connectivity index (χ0n) is 6.75. The lowest BCUT2D eigenvalue weighted by Gasteiger charge is -2.20. The lowest BCUT2D eigenvalue weighted by Crippen LogP contribution is -2.13. The van der Waals surface area contributed by atoms with Gasteiger partial charge in [-0.05, 0) is 34.8 Å². The first-order valence-electron chi connectivity index (χ1n) is 4.18. The molecule has 1 aliphatic heterocycles. The molecule has 0 unspecified atom stereocenters. The van der Waals surface area contributed by atoms with E-state index in [4.69, 9.17) is 9.15 Å². The van der Waals surface area contributed by atoms with E-state index >= 15 is 0 Å². The molecule has 66 valence electrons. The van der Waals surface area contributed by atoms with E-state index in [1.165, 1.54) is 0 Å². The van der Waals surface area contributed by atoms with E-state index in [-0.39, 0.29) is 0 Å². The Kier molecular flexibility index (Phi) is 2.51. The van der Waals surface area contributed by atoms with Crippen molar-refractivity contribution in [3.05, 3.63) is 22.6 Å². The van der Waals surface area contributed by atoms with Crippen LogP contribution in [0.15, 0.2) is 21.2 Å². The van der Waals surface area contributed by atoms with Crippen LogP contribution in [0.3, 0.4) is 0 Å². The Morgan fingerprint density at radius 3 is 2.67 bits per heavy atom. The quantitative estimate of drug-likeness (QED) is 0.741. The Hall–Kier alpha value is -0.280. The van der Waals surface area contributed by atoms with Crippen LogP contribution in [0, 0.1) is 0 Å². The highest BCUT2D eigenvalue weighted by molar-refractivity contribution is 9.10. The van der Waals surface area contributed by atoms with Crippen molar-refractivity contribution >= 4 is 15.9 Å². The molecule has 0 spiro atoms. The maximum atomic E-state index is 5.40. The molecule has 1 aromatic heterocycles. The van der Waals surface area contributed by atoms with Crippen molar-refractivity contribution in [3.63, 3.8) is 0 Å². The van der Waals surface area contributed by atoms with Crippen molar-refractivity contribution in [2.24, 2.45) is 0 Å². The Balaban J connectivity index is 2.13. The van der Waals surface area contributed by atoms with E-state index < -0.39 is 0 Å². The summed E-state index contributed by atoms with van der Waals surface area (Å²) in [4.78, 5) is 0. The summed E-state index contributed by atoms with van der Waals surface area (Å²) < 4.78 is 11.8. The highest BCUT2D eigenvalue weighted by atomic mass is 79.9. The third kappa shape index (κ3) is 1.57. The SMILES string of the molecule is Brc1ccoc1C1CCOCC1. The van der Waals surface area contributed by atoms with Crippen LogP contribution in [0.4, 0.5) is 0 Å². The molecule has 2 nitrogen and oxygen atoms in total. The molecule has 2 heterocycles. The molecule has 0 amide bonds. The van der Waals surface area contributed by atoms with Crippen molar-refractivity contribution in [1.82, 2.24) is 0 Å². The lowest BCUT2D eigenvalue weighted by atomic mass is 9.98. The predicted molar refractivity (Wildman–Crippen MR) is 49.2 cm³/mol. The highest BCUT2D eigenvalue weighted by Gasteiger charge is 2.20. The van der Waals surface area contributed by atoms with Crippen molar-refractivity contribution in [2.45, 2.75) is 18.8 Å². The minimum absolute atomic E-state index is 0.545. The molecule has 1 saturated heterocycles. The Morgan fingerprint density at radius 1 is 1.33 bits per heavy atom. The number of halogens is 1. The second-order valence-electron chi connectivity index (χ2n) is 3.02. The van der Waals surface area contributed by atoms with Gasteiger partial charge in [0.15, 0.2) is 0 Å². The zero-order chi connectivity index (χ0) is 8.39. The molecule has 3 heteroatoms. The van der Waals surface area contributed by atoms with Crippen molar-refractivity contribution < 1.29 is 9.15 Å². The van der Waals surface area contributed by atoms with Gasteiger partial charge in [0.05, 0.1) is 10.7 Å². The summed E-state index contributed by atoms with van der Waals surface area (Å²) in [6, 6.07) is 1.95. The third-order valence-corrected chi connectivity index (χ3v) is 2.89. The average Bonchev–Trinajstić information content (AvgIpc) is 2.53. The summed E-state index contributed by atoms with van der Waals surface area (Å²) >= 11 is 3.47. The van der Waals surface area contributed by atoms with Crippen molar-refractivity contribution in [3.8, 4) is 0 Å². The summed E-state index contributed by atoms with van der Waals surface area (Å²) in [7, 11) is 0. The number of hydrogen-bond acceptors (Lipinski definition) is 2. The van der Waals surface area contributed by atoms with Gasteiger partial charge in [0, 0.05) is 19.1 Å². The maximum Gasteiger partial charge on any atom is 0.121 e. The van der Waals surface area contributed by atoms with E-state index in [0.717, 1.165) is 36.3 Å². The molecule has 0 aromatic carbocycles. The summed E-state index contributed by atoms with van der Waals surface area (Å²) in [5.74, 6) is 1.63. The normalized spacial score (nSPS) is 19.8. The van der Waals surface area contributed by atoms with E-state index in [0.29, 0.717) is 5.92 Å². The average molecular weight is 231 g/mol. The second kappa shape index (κ2) is 3.62. The molecule has 0 radical (unpaired) electrons. The Labute approximate surface area is 80.0 Å². The Bertz CT molecular complexity index is 251. The Morgan fingerprint density at radius 2 is 2.08 bits per heavy atom. The molecular weight excluding hydrogens is 220 g/mol. The molecule has 0 atom stereocenters. The molecule has 2 rings (SSSR count). The van der Waals surface area contributed by atoms with E-state index in [1.54, 1.807) is 6.26 Å². The van der Waals surface area contributed by atoms with Crippen LogP contribution >= 0.6 is 15.9 Å². The smallest absolute Gasteiger partial charge is 0.121 e. The summed E-state index contributed by atoms with van der Waals surface area (Å²) in [6.45, 7) is 1.72. The molecule has 0 bridgehead atoms. The first kappa shape index (κ1) is 8.32. The fourth-order valence-electron chi connectivity index (χ4n) is 1.56. The minimum atomic E-state index is 0.545. The van der Waals surface area contributed by atoms with E-state index in [2.05, 4.69) is 15.9 Å². The number of rotatable bonds is 1. The van der Waals surface area contributed by atoms with Crippen LogP contribution in [-0.2, 0) is 4.74 Å². The van der Waals surface area contributed by atoms with E-state index in [9.17, 15) is 0 Å². The van der Waals surface area contributed by atoms with Gasteiger partial charge in [0.25, 0.3) is 0 Å². The van der Waals surface area contributed by atoms with Crippen LogP contribution in [-0.4, -0.2) is 13.2 Å².